The molecule has 0 aliphatic carbocycles. The Kier molecular flexibility index (Phi) is 8.19. The van der Waals surface area contributed by atoms with Crippen LogP contribution < -0.4 is 10.1 Å². The van der Waals surface area contributed by atoms with Crippen molar-refractivity contribution in [2.75, 3.05) is 52.4 Å². The lowest BCUT2D eigenvalue weighted by Crippen LogP contribution is -2.64. The number of piperazine rings is 1. The molecule has 0 saturated carbocycles. The molecular weight excluding hydrogens is 428 g/mol. The highest BCUT2D eigenvalue weighted by Gasteiger charge is 2.37. The van der Waals surface area contributed by atoms with Gasteiger partial charge in [-0.2, -0.15) is 0 Å². The summed E-state index contributed by atoms with van der Waals surface area (Å²) >= 11 is 0. The summed E-state index contributed by atoms with van der Waals surface area (Å²) in [4.78, 5) is 31.7. The van der Waals surface area contributed by atoms with Crippen LogP contribution in [0.1, 0.15) is 41.0 Å². The highest BCUT2D eigenvalue weighted by Crippen LogP contribution is 2.22. The van der Waals surface area contributed by atoms with Gasteiger partial charge in [-0.05, 0) is 49.4 Å². The summed E-state index contributed by atoms with van der Waals surface area (Å²) in [6, 6.07) is 17.4. The molecule has 1 unspecified atom stereocenters. The predicted molar refractivity (Wildman–Crippen MR) is 133 cm³/mol. The van der Waals surface area contributed by atoms with Gasteiger partial charge in [0.25, 0.3) is 11.8 Å². The van der Waals surface area contributed by atoms with Crippen LogP contribution in [-0.2, 0) is 0 Å². The third kappa shape index (κ3) is 5.59. The van der Waals surface area contributed by atoms with Gasteiger partial charge in [0.1, 0.15) is 11.9 Å². The molecular formula is C27H36N4O3. The third-order valence-corrected chi connectivity index (χ3v) is 6.71. The van der Waals surface area contributed by atoms with Crippen molar-refractivity contribution < 1.29 is 14.3 Å². The number of carbonyl (C=O) groups excluding carboxylic acids is 2. The normalized spacial score (nSPS) is 20.8. The number of nitrogens with zero attached hydrogens (tertiary/aromatic N) is 3. The van der Waals surface area contributed by atoms with Crippen LogP contribution in [0.5, 0.6) is 5.75 Å². The van der Waals surface area contributed by atoms with E-state index in [1.165, 1.54) is 0 Å². The minimum absolute atomic E-state index is 0.0771. The Morgan fingerprint density at radius 2 is 1.44 bits per heavy atom. The van der Waals surface area contributed by atoms with Crippen LogP contribution in [0, 0.1) is 0 Å². The van der Waals surface area contributed by atoms with Gasteiger partial charge in [0.05, 0.1) is 0 Å². The van der Waals surface area contributed by atoms with Crippen molar-refractivity contribution >= 4 is 11.8 Å². The van der Waals surface area contributed by atoms with Gasteiger partial charge in [-0.1, -0.05) is 32.0 Å². The Morgan fingerprint density at radius 3 is 2.06 bits per heavy atom. The highest BCUT2D eigenvalue weighted by atomic mass is 16.5. The Balaban J connectivity index is 0.00000133. The Hall–Kier alpha value is -2.90. The first-order valence-corrected chi connectivity index (χ1v) is 12.5. The monoisotopic (exact) mass is 464 g/mol. The number of ether oxygens (including phenoxy) is 1. The molecule has 3 fully saturated rings. The summed E-state index contributed by atoms with van der Waals surface area (Å²) in [6.45, 7) is 10.5. The molecule has 5 rings (SSSR count). The average Bonchev–Trinajstić information content (AvgIpc) is 3.38. The standard InChI is InChI=1S/C25H30N4O3.C2H6/c30-24(19-4-2-1-3-5-19)28-14-12-27(13-15-28)21-17-29(18-21)25(31)20-6-8-22(9-7-20)32-23-10-11-26-16-23;1-2/h1-9,21,23,26H,10-18H2;1-2H3. The zero-order valence-electron chi connectivity index (χ0n) is 20.3. The average molecular weight is 465 g/mol. The number of hydrogen-bond donors (Lipinski definition) is 1. The molecule has 3 aliphatic rings. The molecule has 7 nitrogen and oxygen atoms in total. The van der Waals surface area contributed by atoms with E-state index in [9.17, 15) is 9.59 Å². The number of benzene rings is 2. The minimum atomic E-state index is 0.0771. The Morgan fingerprint density at radius 1 is 0.824 bits per heavy atom. The molecule has 0 spiro atoms. The summed E-state index contributed by atoms with van der Waals surface area (Å²) < 4.78 is 5.94. The van der Waals surface area contributed by atoms with Crippen molar-refractivity contribution in [3.8, 4) is 5.75 Å². The molecule has 2 aromatic carbocycles. The smallest absolute Gasteiger partial charge is 0.253 e. The van der Waals surface area contributed by atoms with E-state index < -0.39 is 0 Å². The van der Waals surface area contributed by atoms with Crippen LogP contribution in [0.15, 0.2) is 54.6 Å². The second kappa shape index (κ2) is 11.5. The number of carbonyl (C=O) groups is 2. The molecule has 2 aromatic rings. The van der Waals surface area contributed by atoms with Gasteiger partial charge < -0.3 is 19.9 Å². The van der Waals surface area contributed by atoms with Gasteiger partial charge in [0.15, 0.2) is 0 Å². The molecule has 3 aliphatic heterocycles. The van der Waals surface area contributed by atoms with Crippen LogP contribution in [0.25, 0.3) is 0 Å². The van der Waals surface area contributed by atoms with E-state index in [4.69, 9.17) is 4.74 Å². The quantitative estimate of drug-likeness (QED) is 0.737. The lowest BCUT2D eigenvalue weighted by molar-refractivity contribution is 0.00853. The van der Waals surface area contributed by atoms with Crippen LogP contribution in [0.3, 0.4) is 0 Å². The number of hydrogen-bond acceptors (Lipinski definition) is 5. The van der Waals surface area contributed by atoms with Crippen molar-refractivity contribution in [2.24, 2.45) is 0 Å². The van der Waals surface area contributed by atoms with Gasteiger partial charge in [-0.3, -0.25) is 14.5 Å². The van der Waals surface area contributed by atoms with E-state index in [2.05, 4.69) is 10.2 Å². The van der Waals surface area contributed by atoms with Crippen molar-refractivity contribution in [1.82, 2.24) is 20.0 Å². The Labute approximate surface area is 202 Å². The number of likely N-dealkylation sites (tertiary alicyclic amines) is 1. The lowest BCUT2D eigenvalue weighted by Gasteiger charge is -2.48. The van der Waals surface area contributed by atoms with E-state index >= 15 is 0 Å². The molecule has 0 aromatic heterocycles. The molecule has 0 radical (unpaired) electrons. The number of rotatable bonds is 5. The zero-order chi connectivity index (χ0) is 23.9. The molecule has 0 bridgehead atoms. The summed E-state index contributed by atoms with van der Waals surface area (Å²) in [5, 5.41) is 3.29. The van der Waals surface area contributed by atoms with Gasteiger partial charge in [0.2, 0.25) is 0 Å². The van der Waals surface area contributed by atoms with E-state index in [0.29, 0.717) is 11.6 Å². The molecule has 1 atom stereocenters. The van der Waals surface area contributed by atoms with E-state index in [0.717, 1.165) is 70.1 Å². The highest BCUT2D eigenvalue weighted by molar-refractivity contribution is 5.95. The lowest BCUT2D eigenvalue weighted by atomic mass is 10.0. The van der Waals surface area contributed by atoms with Crippen molar-refractivity contribution in [3.05, 3.63) is 65.7 Å². The second-order valence-electron chi connectivity index (χ2n) is 8.82. The van der Waals surface area contributed by atoms with Crippen LogP contribution >= 0.6 is 0 Å². The minimum Gasteiger partial charge on any atom is -0.489 e. The first kappa shape index (κ1) is 24.2. The van der Waals surface area contributed by atoms with Gasteiger partial charge in [-0.25, -0.2) is 0 Å². The maximum absolute atomic E-state index is 12.8. The molecule has 3 saturated heterocycles. The largest absolute Gasteiger partial charge is 0.489 e. The summed E-state index contributed by atoms with van der Waals surface area (Å²) in [6.07, 6.45) is 1.24. The molecule has 3 heterocycles. The molecule has 182 valence electrons. The number of nitrogens with one attached hydrogen (secondary N) is 1. The topological polar surface area (TPSA) is 65.1 Å². The molecule has 34 heavy (non-hydrogen) atoms. The van der Waals surface area contributed by atoms with E-state index in [1.54, 1.807) is 0 Å². The fourth-order valence-corrected chi connectivity index (χ4v) is 4.69. The maximum atomic E-state index is 12.8. The fourth-order valence-electron chi connectivity index (χ4n) is 4.69. The summed E-state index contributed by atoms with van der Waals surface area (Å²) in [5.74, 6) is 1.00. The first-order chi connectivity index (χ1) is 16.7. The van der Waals surface area contributed by atoms with E-state index in [1.807, 2.05) is 78.2 Å². The van der Waals surface area contributed by atoms with Gasteiger partial charge in [-0.15, -0.1) is 0 Å². The second-order valence-corrected chi connectivity index (χ2v) is 8.82. The van der Waals surface area contributed by atoms with E-state index in [-0.39, 0.29) is 17.9 Å². The van der Waals surface area contributed by atoms with Crippen molar-refractivity contribution in [3.63, 3.8) is 0 Å². The molecule has 7 heteroatoms. The van der Waals surface area contributed by atoms with Crippen LogP contribution in [0.4, 0.5) is 0 Å². The third-order valence-electron chi connectivity index (χ3n) is 6.71. The van der Waals surface area contributed by atoms with Crippen molar-refractivity contribution in [2.45, 2.75) is 32.4 Å². The van der Waals surface area contributed by atoms with Crippen LogP contribution in [-0.4, -0.2) is 91.0 Å². The maximum Gasteiger partial charge on any atom is 0.253 e. The fraction of sp³-hybridized carbons (Fsp3) is 0.481. The number of amides is 2. The zero-order valence-corrected chi connectivity index (χ0v) is 20.3. The molecule has 2 amide bonds. The van der Waals surface area contributed by atoms with Crippen molar-refractivity contribution in [1.29, 1.82) is 0 Å². The first-order valence-electron chi connectivity index (χ1n) is 12.5. The van der Waals surface area contributed by atoms with Gasteiger partial charge >= 0.3 is 0 Å². The molecule has 1 N–H and O–H groups in total. The SMILES string of the molecule is CC.O=C(c1ccccc1)N1CCN(C2CN(C(=O)c3ccc(OC4CCNC4)cc3)C2)CC1. The van der Waals surface area contributed by atoms with Gasteiger partial charge in [0, 0.05) is 63.0 Å². The predicted octanol–water partition coefficient (Wildman–Crippen LogP) is 2.74. The van der Waals surface area contributed by atoms with Crippen LogP contribution in [0.2, 0.25) is 0 Å². The summed E-state index contributed by atoms with van der Waals surface area (Å²) in [7, 11) is 0. The summed E-state index contributed by atoms with van der Waals surface area (Å²) in [5.41, 5.74) is 1.45. The Bertz CT molecular complexity index is 930.